The summed E-state index contributed by atoms with van der Waals surface area (Å²) >= 11 is 0. The lowest BCUT2D eigenvalue weighted by atomic mass is 9.77. The molecule has 3 unspecified atom stereocenters. The highest BCUT2D eigenvalue weighted by Gasteiger charge is 2.48. The van der Waals surface area contributed by atoms with Crippen molar-refractivity contribution in [2.75, 3.05) is 5.32 Å². The van der Waals surface area contributed by atoms with E-state index in [-0.39, 0.29) is 17.2 Å². The van der Waals surface area contributed by atoms with Crippen LogP contribution in [0.15, 0.2) is 91.3 Å². The maximum absolute atomic E-state index is 14.1. The molecule has 45 heavy (non-hydrogen) atoms. The van der Waals surface area contributed by atoms with Gasteiger partial charge >= 0.3 is 12.4 Å². The summed E-state index contributed by atoms with van der Waals surface area (Å²) in [6.45, 7) is 1.65. The highest BCUT2D eigenvalue weighted by Crippen LogP contribution is 2.47. The Morgan fingerprint density at radius 1 is 0.889 bits per heavy atom. The molecule has 1 aliphatic heterocycles. The smallest absolute Gasteiger partial charge is 0.368 e. The topological polar surface area (TPSA) is 97.4 Å². The molecule has 4 aromatic rings. The van der Waals surface area contributed by atoms with E-state index in [9.17, 15) is 40.7 Å². The number of fused-ring (bicyclic) bond motifs is 1. The Balaban J connectivity index is 1.65. The molecule has 3 N–H and O–H groups in total. The number of carbonyl (C=O) groups is 3. The first kappa shape index (κ1) is 31.4. The van der Waals surface area contributed by atoms with Gasteiger partial charge in [0.15, 0.2) is 0 Å². The Hall–Kier alpha value is -5.07. The summed E-state index contributed by atoms with van der Waals surface area (Å²) in [4.78, 5) is 41.0. The van der Waals surface area contributed by atoms with Crippen LogP contribution in [0.5, 0.6) is 0 Å². The number of nitrogens with one attached hydrogen (secondary N) is 1. The zero-order chi connectivity index (χ0) is 32.7. The minimum Gasteiger partial charge on any atom is -0.368 e. The van der Waals surface area contributed by atoms with Crippen molar-refractivity contribution in [3.63, 3.8) is 0 Å². The van der Waals surface area contributed by atoms with Crippen molar-refractivity contribution in [3.05, 3.63) is 125 Å². The number of aromatic nitrogens is 1. The van der Waals surface area contributed by atoms with Gasteiger partial charge in [0.25, 0.3) is 5.91 Å². The first-order chi connectivity index (χ1) is 21.1. The zero-order valence-corrected chi connectivity index (χ0v) is 23.6. The summed E-state index contributed by atoms with van der Waals surface area (Å²) in [5, 5.41) is 2.69. The van der Waals surface area contributed by atoms with Crippen molar-refractivity contribution in [1.29, 1.82) is 0 Å². The van der Waals surface area contributed by atoms with E-state index in [0.29, 0.717) is 24.4 Å². The van der Waals surface area contributed by atoms with E-state index in [2.05, 4.69) is 5.32 Å². The molecule has 0 fully saturated rings. The fraction of sp³-hybridized carbons (Fsp3) is 0.219. The quantitative estimate of drug-likeness (QED) is 0.233. The molecule has 2 heterocycles. The van der Waals surface area contributed by atoms with Crippen LogP contribution in [0.3, 0.4) is 0 Å². The van der Waals surface area contributed by atoms with Gasteiger partial charge < -0.3 is 20.5 Å². The predicted molar refractivity (Wildman–Crippen MR) is 152 cm³/mol. The maximum Gasteiger partial charge on any atom is 0.416 e. The third-order valence-corrected chi connectivity index (χ3v) is 7.67. The molecule has 7 nitrogen and oxygen atoms in total. The molecule has 5 rings (SSSR count). The molecule has 0 radical (unpaired) electrons. The van der Waals surface area contributed by atoms with Crippen molar-refractivity contribution in [2.24, 2.45) is 5.73 Å². The Kier molecular flexibility index (Phi) is 8.21. The third kappa shape index (κ3) is 6.42. The lowest BCUT2D eigenvalue weighted by Crippen LogP contribution is -2.53. The second kappa shape index (κ2) is 11.8. The van der Waals surface area contributed by atoms with Crippen LogP contribution in [0.4, 0.5) is 32.0 Å². The lowest BCUT2D eigenvalue weighted by Gasteiger charge is -2.44. The van der Waals surface area contributed by atoms with Crippen LogP contribution < -0.4 is 11.1 Å². The van der Waals surface area contributed by atoms with Gasteiger partial charge in [0, 0.05) is 24.5 Å². The number of alkyl halides is 6. The molecule has 13 heteroatoms. The lowest BCUT2D eigenvalue weighted by molar-refractivity contribution is -0.143. The summed E-state index contributed by atoms with van der Waals surface area (Å²) < 4.78 is 85.2. The van der Waals surface area contributed by atoms with Crippen LogP contribution in [-0.2, 0) is 28.5 Å². The molecular formula is C32H26F6N4O3. The zero-order valence-electron chi connectivity index (χ0n) is 23.6. The molecule has 3 atom stereocenters. The first-order valence-corrected chi connectivity index (χ1v) is 13.7. The number of anilines is 1. The third-order valence-electron chi connectivity index (χ3n) is 7.67. The average molecular weight is 629 g/mol. The number of amides is 3. The highest BCUT2D eigenvalue weighted by molar-refractivity contribution is 6.05. The van der Waals surface area contributed by atoms with Gasteiger partial charge in [-0.25, -0.2) is 0 Å². The van der Waals surface area contributed by atoms with Gasteiger partial charge in [-0.2, -0.15) is 26.3 Å². The molecule has 0 bridgehead atoms. The number of nitrogens with zero attached hydrogens (tertiary/aromatic N) is 2. The number of hydrogen-bond acceptors (Lipinski definition) is 3. The minimum absolute atomic E-state index is 0.0471. The van der Waals surface area contributed by atoms with Crippen LogP contribution in [0, 0.1) is 0 Å². The summed E-state index contributed by atoms with van der Waals surface area (Å²) in [6, 6.07) is 14.3. The minimum atomic E-state index is -5.20. The van der Waals surface area contributed by atoms with Crippen LogP contribution in [0.2, 0.25) is 0 Å². The number of primary amides is 1. The number of hydrogen-bond donors (Lipinski definition) is 2. The van der Waals surface area contributed by atoms with Crippen molar-refractivity contribution >= 4 is 23.4 Å². The Bertz CT molecular complexity index is 1720. The number of nitrogens with two attached hydrogens (primary N) is 1. The van der Waals surface area contributed by atoms with E-state index < -0.39 is 64.8 Å². The number of benzene rings is 3. The van der Waals surface area contributed by atoms with Gasteiger partial charge in [-0.15, -0.1) is 0 Å². The number of halogens is 6. The molecule has 1 aromatic heterocycles. The van der Waals surface area contributed by atoms with E-state index in [1.165, 1.54) is 31.2 Å². The second-order valence-electron chi connectivity index (χ2n) is 10.7. The normalized spacial score (nSPS) is 17.5. The molecule has 1 aliphatic rings. The monoisotopic (exact) mass is 628 g/mol. The van der Waals surface area contributed by atoms with Crippen LogP contribution in [0.1, 0.15) is 57.1 Å². The second-order valence-corrected chi connectivity index (χ2v) is 10.7. The van der Waals surface area contributed by atoms with Crippen LogP contribution >= 0.6 is 0 Å². The molecule has 0 saturated carbocycles. The van der Waals surface area contributed by atoms with Gasteiger partial charge in [0.05, 0.1) is 28.8 Å². The van der Waals surface area contributed by atoms with Gasteiger partial charge in [-0.3, -0.25) is 14.4 Å². The predicted octanol–water partition coefficient (Wildman–Crippen LogP) is 6.37. The van der Waals surface area contributed by atoms with Crippen molar-refractivity contribution in [2.45, 2.75) is 43.8 Å². The van der Waals surface area contributed by atoms with Crippen LogP contribution in [-0.4, -0.2) is 33.2 Å². The van der Waals surface area contributed by atoms with E-state index in [1.807, 2.05) is 30.3 Å². The summed E-state index contributed by atoms with van der Waals surface area (Å²) in [7, 11) is 0. The average Bonchev–Trinajstić information content (AvgIpc) is 3.42. The van der Waals surface area contributed by atoms with Crippen LogP contribution in [0.25, 0.3) is 0 Å². The van der Waals surface area contributed by atoms with Crippen molar-refractivity contribution in [1.82, 2.24) is 9.47 Å². The molecule has 234 valence electrons. The van der Waals surface area contributed by atoms with Gasteiger partial charge in [-0.1, -0.05) is 48.5 Å². The number of carbonyl (C=O) groups excluding carboxylic acids is 3. The Morgan fingerprint density at radius 3 is 2.09 bits per heavy atom. The van der Waals surface area contributed by atoms with Crippen molar-refractivity contribution < 1.29 is 40.7 Å². The van der Waals surface area contributed by atoms with Crippen molar-refractivity contribution in [3.8, 4) is 0 Å². The Morgan fingerprint density at radius 2 is 1.49 bits per heavy atom. The van der Waals surface area contributed by atoms with E-state index in [4.69, 9.17) is 5.73 Å². The molecule has 3 aromatic carbocycles. The first-order valence-electron chi connectivity index (χ1n) is 13.7. The van der Waals surface area contributed by atoms with E-state index in [0.717, 1.165) is 10.5 Å². The standard InChI is InChI=1S/C32H26F6N4O3/c1-18(28(39)43)42-27(20-13-21(31(33,34)35)15-22(14-20)32(36,37)38)26(24-9-5-6-10-25(24)30(42)45)29(44)40-23-11-12-41(17-23)16-19-7-3-2-4-8-19/h2-15,17-18,26-27H,16H2,1H3,(H2,39,43)(H,40,44). The Labute approximate surface area is 253 Å². The summed E-state index contributed by atoms with van der Waals surface area (Å²) in [6.07, 6.45) is -7.11. The summed E-state index contributed by atoms with van der Waals surface area (Å²) in [5.74, 6) is -4.33. The number of rotatable bonds is 7. The fourth-order valence-electron chi connectivity index (χ4n) is 5.53. The van der Waals surface area contributed by atoms with Gasteiger partial charge in [0.1, 0.15) is 6.04 Å². The molecule has 0 spiro atoms. The largest absolute Gasteiger partial charge is 0.416 e. The highest BCUT2D eigenvalue weighted by atomic mass is 19.4. The van der Waals surface area contributed by atoms with Gasteiger partial charge in [-0.05, 0) is 53.9 Å². The molecule has 0 aliphatic carbocycles. The van der Waals surface area contributed by atoms with E-state index >= 15 is 0 Å². The van der Waals surface area contributed by atoms with E-state index in [1.54, 1.807) is 23.0 Å². The molecule has 0 saturated heterocycles. The fourth-order valence-corrected chi connectivity index (χ4v) is 5.53. The molecular weight excluding hydrogens is 602 g/mol. The summed E-state index contributed by atoms with van der Waals surface area (Å²) in [5.41, 5.74) is 2.85. The maximum atomic E-state index is 14.1. The molecule has 3 amide bonds. The SMILES string of the molecule is CC(C(N)=O)N1C(=O)c2ccccc2C(C(=O)Nc2ccn(Cc3ccccc3)c2)C1c1cc(C(F)(F)F)cc(C(F)(F)F)c1. The van der Waals surface area contributed by atoms with Gasteiger partial charge in [0.2, 0.25) is 11.8 Å².